The molecular formula is C27H29FN2O5. The summed E-state index contributed by atoms with van der Waals surface area (Å²) in [5, 5.41) is 11.3. The van der Waals surface area contributed by atoms with Gasteiger partial charge in [0.05, 0.1) is 24.8 Å². The Morgan fingerprint density at radius 2 is 1.89 bits per heavy atom. The summed E-state index contributed by atoms with van der Waals surface area (Å²) in [5.74, 6) is -1.61. The number of ether oxygens (including phenoxy) is 2. The SMILES string of the molecule is C[C@H]1Cc2cc(/C(O)=C3\C(=O)C(=O)N(CCCN4CCOCC4)[C@H]3c3ccccc3F)ccc2O1. The van der Waals surface area contributed by atoms with Crippen LogP contribution < -0.4 is 4.74 Å². The zero-order valence-electron chi connectivity index (χ0n) is 19.7. The number of hydrogen-bond acceptors (Lipinski definition) is 6. The van der Waals surface area contributed by atoms with E-state index >= 15 is 0 Å². The second-order valence-electron chi connectivity index (χ2n) is 9.28. The quantitative estimate of drug-likeness (QED) is 0.388. The van der Waals surface area contributed by atoms with E-state index in [1.807, 2.05) is 6.92 Å². The maximum absolute atomic E-state index is 15.0. The highest BCUT2D eigenvalue weighted by molar-refractivity contribution is 6.46. The van der Waals surface area contributed by atoms with Crippen molar-refractivity contribution in [1.82, 2.24) is 9.80 Å². The molecule has 5 rings (SSSR count). The van der Waals surface area contributed by atoms with Gasteiger partial charge in [0.1, 0.15) is 23.4 Å². The van der Waals surface area contributed by atoms with Gasteiger partial charge < -0.3 is 19.5 Å². The summed E-state index contributed by atoms with van der Waals surface area (Å²) < 4.78 is 26.1. The Labute approximate surface area is 203 Å². The van der Waals surface area contributed by atoms with E-state index in [1.54, 1.807) is 36.4 Å². The molecule has 2 aromatic carbocycles. The zero-order chi connectivity index (χ0) is 24.5. The number of hydrogen-bond donors (Lipinski definition) is 1. The Morgan fingerprint density at radius 1 is 1.11 bits per heavy atom. The number of benzene rings is 2. The lowest BCUT2D eigenvalue weighted by atomic mass is 9.94. The third-order valence-corrected chi connectivity index (χ3v) is 6.89. The van der Waals surface area contributed by atoms with Crippen LogP contribution in [-0.2, 0) is 20.7 Å². The topological polar surface area (TPSA) is 79.3 Å². The molecule has 3 heterocycles. The lowest BCUT2D eigenvalue weighted by Gasteiger charge is -2.29. The molecule has 0 unspecified atom stereocenters. The van der Waals surface area contributed by atoms with Crippen LogP contribution in [0.2, 0.25) is 0 Å². The van der Waals surface area contributed by atoms with Gasteiger partial charge in [0.25, 0.3) is 11.7 Å². The van der Waals surface area contributed by atoms with Gasteiger partial charge >= 0.3 is 0 Å². The van der Waals surface area contributed by atoms with E-state index in [1.165, 1.54) is 11.0 Å². The molecule has 2 aromatic rings. The zero-order valence-corrected chi connectivity index (χ0v) is 19.7. The molecule has 184 valence electrons. The van der Waals surface area contributed by atoms with Crippen molar-refractivity contribution in [2.75, 3.05) is 39.4 Å². The van der Waals surface area contributed by atoms with Gasteiger partial charge in [0.15, 0.2) is 0 Å². The molecule has 3 aliphatic heterocycles. The first-order valence-corrected chi connectivity index (χ1v) is 12.1. The lowest BCUT2D eigenvalue weighted by molar-refractivity contribution is -0.140. The highest BCUT2D eigenvalue weighted by atomic mass is 19.1. The lowest BCUT2D eigenvalue weighted by Crippen LogP contribution is -2.39. The van der Waals surface area contributed by atoms with Crippen molar-refractivity contribution in [3.63, 3.8) is 0 Å². The molecule has 35 heavy (non-hydrogen) atoms. The molecule has 1 amide bonds. The Bertz CT molecular complexity index is 1170. The second kappa shape index (κ2) is 9.79. The van der Waals surface area contributed by atoms with Crippen LogP contribution in [0.25, 0.3) is 5.76 Å². The number of fused-ring (bicyclic) bond motifs is 1. The summed E-state index contributed by atoms with van der Waals surface area (Å²) in [5.41, 5.74) is 1.44. The molecule has 2 atom stereocenters. The number of aliphatic hydroxyl groups is 1. The Hall–Kier alpha value is -3.23. The molecule has 0 radical (unpaired) electrons. The number of amides is 1. The molecule has 0 bridgehead atoms. The number of nitrogens with zero attached hydrogens (tertiary/aromatic N) is 2. The molecule has 1 N–H and O–H groups in total. The largest absolute Gasteiger partial charge is 0.507 e. The first-order chi connectivity index (χ1) is 16.9. The maximum atomic E-state index is 15.0. The van der Waals surface area contributed by atoms with Crippen LogP contribution in [0.3, 0.4) is 0 Å². The van der Waals surface area contributed by atoms with Crippen molar-refractivity contribution in [2.45, 2.75) is 31.9 Å². The van der Waals surface area contributed by atoms with Gasteiger partial charge in [-0.15, -0.1) is 0 Å². The maximum Gasteiger partial charge on any atom is 0.295 e. The number of likely N-dealkylation sites (tertiary alicyclic amines) is 1. The molecule has 2 fully saturated rings. The molecule has 8 heteroatoms. The average molecular weight is 481 g/mol. The Morgan fingerprint density at radius 3 is 2.66 bits per heavy atom. The van der Waals surface area contributed by atoms with Gasteiger partial charge in [-0.3, -0.25) is 14.5 Å². The van der Waals surface area contributed by atoms with Crippen LogP contribution in [0, 0.1) is 5.82 Å². The van der Waals surface area contributed by atoms with E-state index < -0.39 is 23.5 Å². The van der Waals surface area contributed by atoms with Crippen LogP contribution in [0.15, 0.2) is 48.0 Å². The van der Waals surface area contributed by atoms with Gasteiger partial charge in [0.2, 0.25) is 0 Å². The number of aliphatic hydroxyl groups excluding tert-OH is 1. The van der Waals surface area contributed by atoms with E-state index in [-0.39, 0.29) is 29.5 Å². The number of carbonyl (C=O) groups is 2. The fraction of sp³-hybridized carbons (Fsp3) is 0.407. The minimum atomic E-state index is -0.996. The minimum Gasteiger partial charge on any atom is -0.507 e. The van der Waals surface area contributed by atoms with E-state index in [4.69, 9.17) is 9.47 Å². The highest BCUT2D eigenvalue weighted by Gasteiger charge is 2.46. The predicted molar refractivity (Wildman–Crippen MR) is 128 cm³/mol. The number of halogens is 1. The van der Waals surface area contributed by atoms with Gasteiger partial charge in [0, 0.05) is 43.7 Å². The first-order valence-electron chi connectivity index (χ1n) is 12.1. The van der Waals surface area contributed by atoms with E-state index in [2.05, 4.69) is 4.90 Å². The van der Waals surface area contributed by atoms with E-state index in [0.29, 0.717) is 31.6 Å². The predicted octanol–water partition coefficient (Wildman–Crippen LogP) is 3.29. The van der Waals surface area contributed by atoms with Gasteiger partial charge in [-0.1, -0.05) is 18.2 Å². The summed E-state index contributed by atoms with van der Waals surface area (Å²) in [6.07, 6.45) is 1.33. The normalized spacial score (nSPS) is 24.0. The number of ketones is 1. The monoisotopic (exact) mass is 480 g/mol. The van der Waals surface area contributed by atoms with Crippen LogP contribution >= 0.6 is 0 Å². The highest BCUT2D eigenvalue weighted by Crippen LogP contribution is 2.41. The molecule has 2 saturated heterocycles. The van der Waals surface area contributed by atoms with Gasteiger partial charge in [-0.25, -0.2) is 4.39 Å². The number of morpholine rings is 1. The fourth-order valence-electron chi connectivity index (χ4n) is 5.15. The van der Waals surface area contributed by atoms with Crippen LogP contribution in [0.4, 0.5) is 4.39 Å². The molecule has 3 aliphatic rings. The first kappa shape index (κ1) is 23.5. The number of rotatable bonds is 6. The third-order valence-electron chi connectivity index (χ3n) is 6.89. The fourth-order valence-corrected chi connectivity index (χ4v) is 5.15. The molecule has 0 aromatic heterocycles. The van der Waals surface area contributed by atoms with Crippen LogP contribution in [-0.4, -0.2) is 72.1 Å². The van der Waals surface area contributed by atoms with Crippen molar-refractivity contribution < 1.29 is 28.6 Å². The molecule has 0 saturated carbocycles. The van der Waals surface area contributed by atoms with Crippen molar-refractivity contribution in [2.24, 2.45) is 0 Å². The minimum absolute atomic E-state index is 0.0258. The summed E-state index contributed by atoms with van der Waals surface area (Å²) in [6, 6.07) is 10.3. The third kappa shape index (κ3) is 4.56. The van der Waals surface area contributed by atoms with Gasteiger partial charge in [-0.2, -0.15) is 0 Å². The number of Topliss-reactive ketones (excluding diaryl/α,β-unsaturated/α-hetero) is 1. The molecule has 7 nitrogen and oxygen atoms in total. The van der Waals surface area contributed by atoms with Crippen molar-refractivity contribution in [1.29, 1.82) is 0 Å². The summed E-state index contributed by atoms with van der Waals surface area (Å²) in [6.45, 7) is 5.94. The van der Waals surface area contributed by atoms with Crippen LogP contribution in [0.5, 0.6) is 5.75 Å². The van der Waals surface area contributed by atoms with Crippen molar-refractivity contribution in [3.05, 3.63) is 70.5 Å². The summed E-state index contributed by atoms with van der Waals surface area (Å²) in [4.78, 5) is 29.9. The smallest absolute Gasteiger partial charge is 0.295 e. The van der Waals surface area contributed by atoms with E-state index in [9.17, 15) is 19.1 Å². The standard InChI is InChI=1S/C27H29FN2O5/c1-17-15-19-16-18(7-8-22(19)35-17)25(31)23-24(20-5-2-3-6-21(20)28)30(27(33)26(23)32)10-4-9-29-11-13-34-14-12-29/h2-3,5-8,16-17,24,31H,4,9-15H2,1H3/b25-23+/t17-,24-/m0/s1. The summed E-state index contributed by atoms with van der Waals surface area (Å²) >= 11 is 0. The van der Waals surface area contributed by atoms with Gasteiger partial charge in [-0.05, 0) is 43.2 Å². The average Bonchev–Trinajstić information content (AvgIpc) is 3.35. The van der Waals surface area contributed by atoms with Crippen molar-refractivity contribution >= 4 is 17.4 Å². The molecular weight excluding hydrogens is 451 g/mol. The Kier molecular flexibility index (Phi) is 6.58. The molecule has 0 aliphatic carbocycles. The second-order valence-corrected chi connectivity index (χ2v) is 9.28. The van der Waals surface area contributed by atoms with Crippen molar-refractivity contribution in [3.8, 4) is 5.75 Å². The number of carbonyl (C=O) groups excluding carboxylic acids is 2. The Balaban J connectivity index is 1.49. The molecule has 0 spiro atoms. The van der Waals surface area contributed by atoms with Crippen LogP contribution in [0.1, 0.15) is 36.1 Å². The van der Waals surface area contributed by atoms with E-state index in [0.717, 1.165) is 30.9 Å². The summed E-state index contributed by atoms with van der Waals surface area (Å²) in [7, 11) is 0.